The molecule has 0 heterocycles. The van der Waals surface area contributed by atoms with Crippen LogP contribution in [0.1, 0.15) is 13.8 Å². The predicted octanol–water partition coefficient (Wildman–Crippen LogP) is 1.92. The molecule has 0 unspecified atom stereocenters. The van der Waals surface area contributed by atoms with Gasteiger partial charge in [-0.05, 0) is 12.1 Å². The Kier molecular flexibility index (Phi) is 5.44. The van der Waals surface area contributed by atoms with Crippen LogP contribution in [0.5, 0.6) is 0 Å². The Bertz CT molecular complexity index is 134. The molecule has 0 atom stereocenters. The van der Waals surface area contributed by atoms with Crippen LogP contribution in [0, 0.1) is 5.92 Å². The second-order valence-electron chi connectivity index (χ2n) is 2.23. The lowest BCUT2D eigenvalue weighted by atomic mass is 10.3. The molecule has 0 amide bonds. The minimum absolute atomic E-state index is 0.508. The first-order valence-corrected chi connectivity index (χ1v) is 3.32. The predicted molar refractivity (Wildman–Crippen MR) is 45.8 cm³/mol. The fourth-order valence-electron chi connectivity index (χ4n) is 0.376. The van der Waals surface area contributed by atoms with Gasteiger partial charge in [0.25, 0.3) is 0 Å². The minimum atomic E-state index is 0.508. The van der Waals surface area contributed by atoms with E-state index in [1.807, 2.05) is 6.21 Å². The van der Waals surface area contributed by atoms with Gasteiger partial charge in [0.2, 0.25) is 0 Å². The monoisotopic (exact) mass is 138 g/mol. The molecule has 0 aromatic heterocycles. The van der Waals surface area contributed by atoms with Crippen LogP contribution >= 0.6 is 0 Å². The quantitative estimate of drug-likeness (QED) is 0.590. The van der Waals surface area contributed by atoms with Crippen molar-refractivity contribution in [2.24, 2.45) is 10.9 Å². The van der Waals surface area contributed by atoms with Crippen molar-refractivity contribution in [3.63, 3.8) is 0 Å². The maximum absolute atomic E-state index is 3.99. The summed E-state index contributed by atoms with van der Waals surface area (Å²) in [6.07, 6.45) is 6.90. The van der Waals surface area contributed by atoms with Crippen molar-refractivity contribution in [2.45, 2.75) is 13.8 Å². The van der Waals surface area contributed by atoms with E-state index >= 15 is 0 Å². The van der Waals surface area contributed by atoms with E-state index in [-0.39, 0.29) is 0 Å². The molecule has 0 aromatic carbocycles. The zero-order valence-corrected chi connectivity index (χ0v) is 6.54. The van der Waals surface area contributed by atoms with Crippen LogP contribution < -0.4 is 5.32 Å². The number of nitrogens with one attached hydrogen (secondary N) is 1. The van der Waals surface area contributed by atoms with Crippen LogP contribution in [0.4, 0.5) is 0 Å². The van der Waals surface area contributed by atoms with Gasteiger partial charge in [-0.15, -0.1) is 0 Å². The summed E-state index contributed by atoms with van der Waals surface area (Å²) in [4.78, 5) is 3.99. The van der Waals surface area contributed by atoms with Crippen LogP contribution in [0.2, 0.25) is 0 Å². The summed E-state index contributed by atoms with van der Waals surface area (Å²) in [6, 6.07) is 0. The standard InChI is InChI=1S/C8H14N2/c1-4-9-5-6-10-7-8(2)3/h4-9H,1H2,2-3H3/b6-5-,10-7+. The van der Waals surface area contributed by atoms with Crippen molar-refractivity contribution in [3.8, 4) is 0 Å². The van der Waals surface area contributed by atoms with Crippen molar-refractivity contribution in [1.29, 1.82) is 0 Å². The molecular formula is C8H14N2. The van der Waals surface area contributed by atoms with E-state index in [0.717, 1.165) is 0 Å². The Morgan fingerprint density at radius 3 is 2.70 bits per heavy atom. The molecule has 2 heteroatoms. The fraction of sp³-hybridized carbons (Fsp3) is 0.375. The molecule has 0 radical (unpaired) electrons. The van der Waals surface area contributed by atoms with Gasteiger partial charge in [-0.3, -0.25) is 4.99 Å². The Morgan fingerprint density at radius 1 is 1.50 bits per heavy atom. The molecule has 0 rings (SSSR count). The normalized spacial score (nSPS) is 11.5. The highest BCUT2D eigenvalue weighted by molar-refractivity contribution is 5.60. The lowest BCUT2D eigenvalue weighted by Crippen LogP contribution is -1.89. The lowest BCUT2D eigenvalue weighted by molar-refractivity contribution is 0.907. The molecular weight excluding hydrogens is 124 g/mol. The Labute approximate surface area is 62.4 Å². The number of hydrogen-bond donors (Lipinski definition) is 1. The number of nitrogens with zero attached hydrogens (tertiary/aromatic N) is 1. The number of aliphatic imine (C=N–C) groups is 1. The maximum Gasteiger partial charge on any atom is 0.0424 e. The van der Waals surface area contributed by atoms with Gasteiger partial charge >= 0.3 is 0 Å². The van der Waals surface area contributed by atoms with E-state index in [2.05, 4.69) is 30.7 Å². The van der Waals surface area contributed by atoms with Crippen molar-refractivity contribution >= 4 is 6.21 Å². The summed E-state index contributed by atoms with van der Waals surface area (Å²) in [5.74, 6) is 0.508. The van der Waals surface area contributed by atoms with E-state index < -0.39 is 0 Å². The molecule has 0 saturated heterocycles. The van der Waals surface area contributed by atoms with Crippen LogP contribution in [0.3, 0.4) is 0 Å². The first-order chi connectivity index (χ1) is 4.77. The molecule has 0 aliphatic carbocycles. The number of rotatable bonds is 4. The summed E-state index contributed by atoms with van der Waals surface area (Å²) in [7, 11) is 0. The van der Waals surface area contributed by atoms with Gasteiger partial charge in [-0.25, -0.2) is 0 Å². The average Bonchev–Trinajstić information content (AvgIpc) is 1.87. The average molecular weight is 138 g/mol. The van der Waals surface area contributed by atoms with E-state index in [1.165, 1.54) is 0 Å². The van der Waals surface area contributed by atoms with Crippen LogP contribution in [0.15, 0.2) is 30.2 Å². The highest BCUT2D eigenvalue weighted by atomic mass is 14.8. The molecule has 56 valence electrons. The third-order valence-electron chi connectivity index (χ3n) is 0.759. The van der Waals surface area contributed by atoms with E-state index in [0.29, 0.717) is 5.92 Å². The molecule has 0 saturated carbocycles. The van der Waals surface area contributed by atoms with Crippen LogP contribution in [-0.4, -0.2) is 6.21 Å². The van der Waals surface area contributed by atoms with Gasteiger partial charge in [0.05, 0.1) is 0 Å². The largest absolute Gasteiger partial charge is 0.367 e. The topological polar surface area (TPSA) is 24.4 Å². The molecule has 0 aliphatic rings. The SMILES string of the molecule is C=CN/C=C\N=C\C(C)C. The van der Waals surface area contributed by atoms with E-state index in [1.54, 1.807) is 18.6 Å². The Balaban J connectivity index is 3.41. The third kappa shape index (κ3) is 6.95. The lowest BCUT2D eigenvalue weighted by Gasteiger charge is -1.88. The van der Waals surface area contributed by atoms with Crippen LogP contribution in [0.25, 0.3) is 0 Å². The summed E-state index contributed by atoms with van der Waals surface area (Å²) < 4.78 is 0. The smallest absolute Gasteiger partial charge is 0.0424 e. The fourth-order valence-corrected chi connectivity index (χ4v) is 0.376. The second kappa shape index (κ2) is 6.08. The molecule has 10 heavy (non-hydrogen) atoms. The molecule has 0 spiro atoms. The van der Waals surface area contributed by atoms with Crippen molar-refractivity contribution in [3.05, 3.63) is 25.2 Å². The van der Waals surface area contributed by atoms with Gasteiger partial charge < -0.3 is 5.32 Å². The zero-order valence-electron chi connectivity index (χ0n) is 6.54. The molecule has 0 aliphatic heterocycles. The van der Waals surface area contributed by atoms with E-state index in [9.17, 15) is 0 Å². The minimum Gasteiger partial charge on any atom is -0.367 e. The van der Waals surface area contributed by atoms with Crippen molar-refractivity contribution < 1.29 is 0 Å². The molecule has 0 fully saturated rings. The Morgan fingerprint density at radius 2 is 2.20 bits per heavy atom. The third-order valence-corrected chi connectivity index (χ3v) is 0.759. The first-order valence-electron chi connectivity index (χ1n) is 3.32. The van der Waals surface area contributed by atoms with Gasteiger partial charge in [0, 0.05) is 18.6 Å². The van der Waals surface area contributed by atoms with Gasteiger partial charge in [-0.2, -0.15) is 0 Å². The highest BCUT2D eigenvalue weighted by Gasteiger charge is 1.79. The zero-order chi connectivity index (χ0) is 7.82. The molecule has 0 aromatic rings. The molecule has 1 N–H and O–H groups in total. The summed E-state index contributed by atoms with van der Waals surface area (Å²) in [5, 5.41) is 2.79. The Hall–Kier alpha value is -1.05. The van der Waals surface area contributed by atoms with Crippen molar-refractivity contribution in [2.75, 3.05) is 0 Å². The first kappa shape index (κ1) is 8.95. The van der Waals surface area contributed by atoms with Crippen LogP contribution in [-0.2, 0) is 0 Å². The summed E-state index contributed by atoms with van der Waals surface area (Å²) >= 11 is 0. The molecule has 0 bridgehead atoms. The van der Waals surface area contributed by atoms with Gasteiger partial charge in [0.1, 0.15) is 0 Å². The van der Waals surface area contributed by atoms with Gasteiger partial charge in [0.15, 0.2) is 0 Å². The summed E-state index contributed by atoms with van der Waals surface area (Å²) in [6.45, 7) is 7.64. The van der Waals surface area contributed by atoms with Crippen molar-refractivity contribution in [1.82, 2.24) is 5.32 Å². The van der Waals surface area contributed by atoms with E-state index in [4.69, 9.17) is 0 Å². The second-order valence-corrected chi connectivity index (χ2v) is 2.23. The van der Waals surface area contributed by atoms with Gasteiger partial charge in [-0.1, -0.05) is 20.4 Å². The summed E-state index contributed by atoms with van der Waals surface area (Å²) in [5.41, 5.74) is 0. The molecule has 2 nitrogen and oxygen atoms in total. The maximum atomic E-state index is 3.99. The number of hydrogen-bond acceptors (Lipinski definition) is 2. The highest BCUT2D eigenvalue weighted by Crippen LogP contribution is 1.84.